The first-order valence-corrected chi connectivity index (χ1v) is 9.77. The molecule has 0 unspecified atom stereocenters. The van der Waals surface area contributed by atoms with Gasteiger partial charge in [0.05, 0.1) is 25.4 Å². The number of anilines is 2. The van der Waals surface area contributed by atoms with Gasteiger partial charge in [-0.05, 0) is 24.3 Å². The summed E-state index contributed by atoms with van der Waals surface area (Å²) in [6.07, 6.45) is 3.08. The number of hydrogen-bond acceptors (Lipinski definition) is 8. The fourth-order valence-electron chi connectivity index (χ4n) is 2.97. The van der Waals surface area contributed by atoms with Crippen molar-refractivity contribution in [3.05, 3.63) is 66.9 Å². The summed E-state index contributed by atoms with van der Waals surface area (Å²) in [4.78, 5) is 12.9. The smallest absolute Gasteiger partial charge is 0.214 e. The van der Waals surface area contributed by atoms with Crippen LogP contribution >= 0.6 is 0 Å². The molecule has 0 fully saturated rings. The van der Waals surface area contributed by atoms with E-state index in [0.717, 1.165) is 5.39 Å². The van der Waals surface area contributed by atoms with E-state index in [0.29, 0.717) is 53.4 Å². The molecule has 164 valence electrons. The Bertz CT molecular complexity index is 1220. The Balaban J connectivity index is 1.58. The number of pyridine rings is 1. The lowest BCUT2D eigenvalue weighted by molar-refractivity contribution is 0.144. The second kappa shape index (κ2) is 9.88. The summed E-state index contributed by atoms with van der Waals surface area (Å²) < 4.78 is 35.3. The number of fused-ring (bicyclic) bond motifs is 1. The van der Waals surface area contributed by atoms with Crippen molar-refractivity contribution in [1.82, 2.24) is 15.0 Å². The minimum Gasteiger partial charge on any atom is -0.493 e. The third-order valence-electron chi connectivity index (χ3n) is 4.48. The van der Waals surface area contributed by atoms with Gasteiger partial charge >= 0.3 is 0 Å². The van der Waals surface area contributed by atoms with Gasteiger partial charge in [-0.25, -0.2) is 19.3 Å². The van der Waals surface area contributed by atoms with E-state index in [2.05, 4.69) is 20.3 Å². The molecule has 0 aliphatic heterocycles. The molecule has 0 radical (unpaired) electrons. The van der Waals surface area contributed by atoms with Crippen molar-refractivity contribution in [3.8, 4) is 23.1 Å². The number of halogens is 1. The van der Waals surface area contributed by atoms with Crippen LogP contribution in [0.5, 0.6) is 23.1 Å². The summed E-state index contributed by atoms with van der Waals surface area (Å²) in [6.45, 7) is 0.843. The minimum absolute atomic E-state index is 0.374. The first-order valence-electron chi connectivity index (χ1n) is 9.77. The number of nitrogens with one attached hydrogen (secondary N) is 1. The standard InChI is InChI=1S/C23H21FN4O4/c1-29-8-9-31-22-12-18-19(13-25-22)26-14-27-23(18)28-16-6-7-20(21(11-16)30-2)32-17-5-3-4-15(24)10-17/h3-7,10-14H,8-9H2,1-2H3,(H,26,27,28). The zero-order valence-corrected chi connectivity index (χ0v) is 17.5. The van der Waals surface area contributed by atoms with E-state index >= 15 is 0 Å². The van der Waals surface area contributed by atoms with E-state index in [1.165, 1.54) is 25.6 Å². The van der Waals surface area contributed by atoms with E-state index in [4.69, 9.17) is 18.9 Å². The summed E-state index contributed by atoms with van der Waals surface area (Å²) in [5.41, 5.74) is 1.38. The summed E-state index contributed by atoms with van der Waals surface area (Å²) in [5.74, 6) is 1.95. The van der Waals surface area contributed by atoms with Gasteiger partial charge in [0.1, 0.15) is 30.3 Å². The quantitative estimate of drug-likeness (QED) is 0.377. The van der Waals surface area contributed by atoms with Crippen molar-refractivity contribution >= 4 is 22.4 Å². The maximum Gasteiger partial charge on any atom is 0.214 e. The molecule has 2 heterocycles. The number of benzene rings is 2. The van der Waals surface area contributed by atoms with Gasteiger partial charge in [0.15, 0.2) is 11.5 Å². The van der Waals surface area contributed by atoms with Crippen LogP contribution < -0.4 is 19.5 Å². The van der Waals surface area contributed by atoms with Gasteiger partial charge in [0.2, 0.25) is 5.88 Å². The normalized spacial score (nSPS) is 10.7. The zero-order valence-electron chi connectivity index (χ0n) is 17.5. The van der Waals surface area contributed by atoms with E-state index in [1.54, 1.807) is 43.6 Å². The number of aromatic nitrogens is 3. The number of methoxy groups -OCH3 is 2. The van der Waals surface area contributed by atoms with Gasteiger partial charge < -0.3 is 24.3 Å². The van der Waals surface area contributed by atoms with Crippen molar-refractivity contribution < 1.29 is 23.3 Å². The Hall–Kier alpha value is -3.98. The van der Waals surface area contributed by atoms with E-state index < -0.39 is 0 Å². The molecule has 0 atom stereocenters. The highest BCUT2D eigenvalue weighted by atomic mass is 19.1. The molecule has 32 heavy (non-hydrogen) atoms. The van der Waals surface area contributed by atoms with Gasteiger partial charge in [0, 0.05) is 36.4 Å². The van der Waals surface area contributed by atoms with Crippen LogP contribution in [0.15, 0.2) is 61.1 Å². The lowest BCUT2D eigenvalue weighted by Gasteiger charge is -2.14. The monoisotopic (exact) mass is 436 g/mol. The molecule has 9 heteroatoms. The Labute approximate surface area is 184 Å². The maximum atomic E-state index is 13.4. The van der Waals surface area contributed by atoms with Crippen molar-refractivity contribution in [2.24, 2.45) is 0 Å². The SMILES string of the molecule is COCCOc1cc2c(Nc3ccc(Oc4cccc(F)c4)c(OC)c3)ncnc2cn1. The van der Waals surface area contributed by atoms with Gasteiger partial charge in [-0.15, -0.1) is 0 Å². The van der Waals surface area contributed by atoms with Crippen molar-refractivity contribution in [1.29, 1.82) is 0 Å². The molecule has 4 aromatic rings. The third-order valence-corrected chi connectivity index (χ3v) is 4.48. The highest BCUT2D eigenvalue weighted by molar-refractivity contribution is 5.90. The summed E-state index contributed by atoms with van der Waals surface area (Å²) in [7, 11) is 3.14. The lowest BCUT2D eigenvalue weighted by atomic mass is 10.2. The van der Waals surface area contributed by atoms with Crippen LogP contribution in [0.1, 0.15) is 0 Å². The van der Waals surface area contributed by atoms with Crippen molar-refractivity contribution in [3.63, 3.8) is 0 Å². The molecular formula is C23H21FN4O4. The van der Waals surface area contributed by atoms with Crippen molar-refractivity contribution in [2.45, 2.75) is 0 Å². The molecule has 2 aromatic heterocycles. The summed E-state index contributed by atoms with van der Waals surface area (Å²) in [5, 5.41) is 4.01. The molecule has 0 bridgehead atoms. The number of ether oxygens (including phenoxy) is 4. The van der Waals surface area contributed by atoms with Crippen LogP contribution in [0.2, 0.25) is 0 Å². The van der Waals surface area contributed by atoms with Crippen LogP contribution in [0.4, 0.5) is 15.9 Å². The fourth-order valence-corrected chi connectivity index (χ4v) is 2.97. The summed E-state index contributed by atoms with van der Waals surface area (Å²) in [6, 6.07) is 13.0. The fraction of sp³-hybridized carbons (Fsp3) is 0.174. The Morgan fingerprint density at radius 1 is 0.938 bits per heavy atom. The molecule has 0 aliphatic rings. The Morgan fingerprint density at radius 2 is 1.84 bits per heavy atom. The predicted molar refractivity (Wildman–Crippen MR) is 117 cm³/mol. The number of hydrogen-bond donors (Lipinski definition) is 1. The van der Waals surface area contributed by atoms with E-state index in [1.807, 2.05) is 6.07 Å². The molecule has 0 saturated carbocycles. The molecule has 8 nitrogen and oxygen atoms in total. The van der Waals surface area contributed by atoms with Crippen LogP contribution in [-0.2, 0) is 4.74 Å². The first kappa shape index (κ1) is 21.3. The van der Waals surface area contributed by atoms with Gasteiger partial charge in [-0.3, -0.25) is 0 Å². The van der Waals surface area contributed by atoms with Crippen molar-refractivity contribution in [2.75, 3.05) is 32.8 Å². The molecule has 4 rings (SSSR count). The van der Waals surface area contributed by atoms with Crippen LogP contribution in [0.3, 0.4) is 0 Å². The second-order valence-corrected chi connectivity index (χ2v) is 6.65. The van der Waals surface area contributed by atoms with Crippen LogP contribution in [0, 0.1) is 5.82 Å². The minimum atomic E-state index is -0.379. The Morgan fingerprint density at radius 3 is 2.66 bits per heavy atom. The average molecular weight is 436 g/mol. The molecule has 2 aromatic carbocycles. The molecule has 0 aliphatic carbocycles. The van der Waals surface area contributed by atoms with Gasteiger partial charge in [-0.2, -0.15) is 0 Å². The van der Waals surface area contributed by atoms with Gasteiger partial charge in [0.25, 0.3) is 0 Å². The zero-order chi connectivity index (χ0) is 22.3. The average Bonchev–Trinajstić information content (AvgIpc) is 2.80. The summed E-state index contributed by atoms with van der Waals surface area (Å²) >= 11 is 0. The largest absolute Gasteiger partial charge is 0.493 e. The molecule has 0 saturated heterocycles. The third kappa shape index (κ3) is 5.01. The molecule has 0 spiro atoms. The number of rotatable bonds is 9. The highest BCUT2D eigenvalue weighted by Gasteiger charge is 2.11. The maximum absolute atomic E-state index is 13.4. The predicted octanol–water partition coefficient (Wildman–Crippen LogP) is 4.73. The van der Waals surface area contributed by atoms with E-state index in [9.17, 15) is 4.39 Å². The molecule has 0 amide bonds. The van der Waals surface area contributed by atoms with E-state index in [-0.39, 0.29) is 5.82 Å². The first-order chi connectivity index (χ1) is 15.7. The Kier molecular flexibility index (Phi) is 6.57. The highest BCUT2D eigenvalue weighted by Crippen LogP contribution is 2.35. The lowest BCUT2D eigenvalue weighted by Crippen LogP contribution is -2.05. The van der Waals surface area contributed by atoms with Crippen LogP contribution in [-0.4, -0.2) is 42.4 Å². The number of nitrogens with zero attached hydrogens (tertiary/aromatic N) is 3. The molecule has 1 N–H and O–H groups in total. The molecular weight excluding hydrogens is 415 g/mol. The topological polar surface area (TPSA) is 87.6 Å². The van der Waals surface area contributed by atoms with Crippen LogP contribution in [0.25, 0.3) is 10.9 Å². The van der Waals surface area contributed by atoms with Gasteiger partial charge in [-0.1, -0.05) is 6.07 Å². The second-order valence-electron chi connectivity index (χ2n) is 6.65.